The number of ether oxygens (including phenoxy) is 1. The summed E-state index contributed by atoms with van der Waals surface area (Å²) in [7, 11) is 1.46. The summed E-state index contributed by atoms with van der Waals surface area (Å²) in [6.07, 6.45) is 1.21. The fraction of sp³-hybridized carbons (Fsp3) is 0.929. The molecule has 0 aromatic carbocycles. The summed E-state index contributed by atoms with van der Waals surface area (Å²) in [5, 5.41) is 3.35. The standard InChI is InChI=1S/C14H28N2O2/c1-10(2)15-14(5,13(17)18-6)9-16-8-11(3)7-12(16)4/h10-12,15H,7-9H2,1-6H3. The SMILES string of the molecule is COC(=O)C(C)(CN1CC(C)CC1C)NC(C)C. The van der Waals surface area contributed by atoms with E-state index in [1.54, 1.807) is 0 Å². The van der Waals surface area contributed by atoms with Crippen molar-refractivity contribution in [3.05, 3.63) is 0 Å². The number of carbonyl (C=O) groups excluding carboxylic acids is 1. The first-order chi connectivity index (χ1) is 8.28. The first-order valence-corrected chi connectivity index (χ1v) is 6.88. The monoisotopic (exact) mass is 256 g/mol. The third kappa shape index (κ3) is 3.69. The molecule has 18 heavy (non-hydrogen) atoms. The molecular formula is C14H28N2O2. The van der Waals surface area contributed by atoms with Crippen LogP contribution in [0, 0.1) is 5.92 Å². The molecule has 3 atom stereocenters. The lowest BCUT2D eigenvalue weighted by Gasteiger charge is -2.35. The number of nitrogens with zero attached hydrogens (tertiary/aromatic N) is 1. The zero-order valence-electron chi connectivity index (χ0n) is 12.6. The maximum atomic E-state index is 12.0. The van der Waals surface area contributed by atoms with Crippen molar-refractivity contribution < 1.29 is 9.53 Å². The third-order valence-electron chi connectivity index (χ3n) is 3.68. The predicted octanol–water partition coefficient (Wildman–Crippen LogP) is 1.65. The van der Waals surface area contributed by atoms with Gasteiger partial charge in [-0.3, -0.25) is 15.0 Å². The van der Waals surface area contributed by atoms with Crippen molar-refractivity contribution in [1.29, 1.82) is 0 Å². The fourth-order valence-corrected chi connectivity index (χ4v) is 3.04. The molecule has 1 fully saturated rings. The lowest BCUT2D eigenvalue weighted by molar-refractivity contribution is -0.149. The molecule has 1 rings (SSSR count). The molecule has 1 saturated heterocycles. The van der Waals surface area contributed by atoms with Crippen LogP contribution >= 0.6 is 0 Å². The maximum absolute atomic E-state index is 12.0. The van der Waals surface area contributed by atoms with Gasteiger partial charge >= 0.3 is 5.97 Å². The molecule has 1 heterocycles. The number of hydrogen-bond acceptors (Lipinski definition) is 4. The van der Waals surface area contributed by atoms with Gasteiger partial charge in [-0.25, -0.2) is 0 Å². The molecule has 0 amide bonds. The molecule has 0 radical (unpaired) electrons. The minimum Gasteiger partial charge on any atom is -0.468 e. The first-order valence-electron chi connectivity index (χ1n) is 6.88. The fourth-order valence-electron chi connectivity index (χ4n) is 3.04. The highest BCUT2D eigenvalue weighted by Crippen LogP contribution is 2.24. The highest BCUT2D eigenvalue weighted by atomic mass is 16.5. The highest BCUT2D eigenvalue weighted by Gasteiger charge is 2.39. The van der Waals surface area contributed by atoms with Crippen molar-refractivity contribution >= 4 is 5.97 Å². The number of methoxy groups -OCH3 is 1. The topological polar surface area (TPSA) is 41.6 Å². The predicted molar refractivity (Wildman–Crippen MR) is 73.5 cm³/mol. The largest absolute Gasteiger partial charge is 0.468 e. The molecule has 1 aliphatic heterocycles. The highest BCUT2D eigenvalue weighted by molar-refractivity contribution is 5.80. The van der Waals surface area contributed by atoms with Crippen LogP contribution in [-0.2, 0) is 9.53 Å². The Kier molecular flexibility index (Phi) is 5.17. The minimum absolute atomic E-state index is 0.178. The van der Waals surface area contributed by atoms with E-state index in [0.717, 1.165) is 6.54 Å². The Morgan fingerprint density at radius 3 is 2.50 bits per heavy atom. The second-order valence-corrected chi connectivity index (χ2v) is 6.24. The van der Waals surface area contributed by atoms with Gasteiger partial charge in [0.2, 0.25) is 0 Å². The van der Waals surface area contributed by atoms with E-state index in [9.17, 15) is 4.79 Å². The Morgan fingerprint density at radius 1 is 1.50 bits per heavy atom. The van der Waals surface area contributed by atoms with E-state index in [2.05, 4.69) is 37.9 Å². The summed E-state index contributed by atoms with van der Waals surface area (Å²) in [5.74, 6) is 0.531. The van der Waals surface area contributed by atoms with Gasteiger partial charge in [0.05, 0.1) is 7.11 Å². The van der Waals surface area contributed by atoms with Crippen LogP contribution in [0.25, 0.3) is 0 Å². The Morgan fingerprint density at radius 2 is 2.11 bits per heavy atom. The van der Waals surface area contributed by atoms with Gasteiger partial charge in [0.25, 0.3) is 0 Å². The van der Waals surface area contributed by atoms with Gasteiger partial charge in [0, 0.05) is 25.2 Å². The number of likely N-dealkylation sites (tertiary alicyclic amines) is 1. The molecule has 4 nitrogen and oxygen atoms in total. The Labute approximate surface area is 111 Å². The third-order valence-corrected chi connectivity index (χ3v) is 3.68. The first kappa shape index (κ1) is 15.4. The second kappa shape index (κ2) is 6.02. The molecular weight excluding hydrogens is 228 g/mol. The molecule has 106 valence electrons. The zero-order valence-corrected chi connectivity index (χ0v) is 12.6. The van der Waals surface area contributed by atoms with Gasteiger partial charge in [-0.1, -0.05) is 6.92 Å². The maximum Gasteiger partial charge on any atom is 0.327 e. The van der Waals surface area contributed by atoms with Gasteiger partial charge in [0.1, 0.15) is 5.54 Å². The number of esters is 1. The normalized spacial score (nSPS) is 28.4. The molecule has 3 unspecified atom stereocenters. The number of carbonyl (C=O) groups is 1. The lowest BCUT2D eigenvalue weighted by atomic mass is 10.00. The van der Waals surface area contributed by atoms with Crippen LogP contribution < -0.4 is 5.32 Å². The van der Waals surface area contributed by atoms with E-state index >= 15 is 0 Å². The molecule has 1 aliphatic rings. The van der Waals surface area contributed by atoms with Crippen molar-refractivity contribution in [3.8, 4) is 0 Å². The zero-order chi connectivity index (χ0) is 13.9. The summed E-state index contributed by atoms with van der Waals surface area (Å²) >= 11 is 0. The molecule has 4 heteroatoms. The van der Waals surface area contributed by atoms with Crippen LogP contribution in [-0.4, -0.2) is 48.7 Å². The van der Waals surface area contributed by atoms with E-state index in [1.165, 1.54) is 13.5 Å². The Balaban J connectivity index is 2.75. The van der Waals surface area contributed by atoms with Crippen LogP contribution in [0.2, 0.25) is 0 Å². The summed E-state index contributed by atoms with van der Waals surface area (Å²) < 4.78 is 4.96. The summed E-state index contributed by atoms with van der Waals surface area (Å²) in [4.78, 5) is 14.4. The van der Waals surface area contributed by atoms with Crippen LogP contribution in [0.5, 0.6) is 0 Å². The van der Waals surface area contributed by atoms with Crippen LogP contribution in [0.1, 0.15) is 41.0 Å². The van der Waals surface area contributed by atoms with Gasteiger partial charge in [-0.15, -0.1) is 0 Å². The number of hydrogen-bond donors (Lipinski definition) is 1. The van der Waals surface area contributed by atoms with Crippen molar-refractivity contribution in [2.24, 2.45) is 5.92 Å². The van der Waals surface area contributed by atoms with Gasteiger partial charge in [-0.2, -0.15) is 0 Å². The van der Waals surface area contributed by atoms with E-state index in [-0.39, 0.29) is 12.0 Å². The summed E-state index contributed by atoms with van der Waals surface area (Å²) in [6.45, 7) is 12.3. The minimum atomic E-state index is -0.624. The Hall–Kier alpha value is -0.610. The average Bonchev–Trinajstić information content (AvgIpc) is 2.54. The van der Waals surface area contributed by atoms with Crippen LogP contribution in [0.4, 0.5) is 0 Å². The van der Waals surface area contributed by atoms with Gasteiger partial charge in [-0.05, 0) is 40.0 Å². The van der Waals surface area contributed by atoms with Crippen molar-refractivity contribution in [2.45, 2.75) is 58.7 Å². The molecule has 0 spiro atoms. The number of nitrogens with one attached hydrogen (secondary N) is 1. The molecule has 0 saturated carbocycles. The van der Waals surface area contributed by atoms with Crippen LogP contribution in [0.3, 0.4) is 0 Å². The molecule has 0 aliphatic carbocycles. The van der Waals surface area contributed by atoms with Crippen molar-refractivity contribution in [2.75, 3.05) is 20.2 Å². The smallest absolute Gasteiger partial charge is 0.327 e. The number of rotatable bonds is 5. The van der Waals surface area contributed by atoms with E-state index in [1.807, 2.05) is 6.92 Å². The van der Waals surface area contributed by atoms with Crippen molar-refractivity contribution in [1.82, 2.24) is 10.2 Å². The second-order valence-electron chi connectivity index (χ2n) is 6.24. The average molecular weight is 256 g/mol. The molecule has 0 aromatic heterocycles. The lowest BCUT2D eigenvalue weighted by Crippen LogP contribution is -2.59. The molecule has 0 bridgehead atoms. The summed E-state index contributed by atoms with van der Waals surface area (Å²) in [6, 6.07) is 0.794. The van der Waals surface area contributed by atoms with E-state index in [4.69, 9.17) is 4.74 Å². The van der Waals surface area contributed by atoms with Gasteiger partial charge < -0.3 is 4.74 Å². The molecule has 1 N–H and O–H groups in total. The Bertz CT molecular complexity index is 294. The molecule has 0 aromatic rings. The van der Waals surface area contributed by atoms with E-state index in [0.29, 0.717) is 18.5 Å². The summed E-state index contributed by atoms with van der Waals surface area (Å²) in [5.41, 5.74) is -0.624. The van der Waals surface area contributed by atoms with Crippen LogP contribution in [0.15, 0.2) is 0 Å². The van der Waals surface area contributed by atoms with Gasteiger partial charge in [0.15, 0.2) is 0 Å². The van der Waals surface area contributed by atoms with E-state index < -0.39 is 5.54 Å². The quantitative estimate of drug-likeness (QED) is 0.759. The van der Waals surface area contributed by atoms with Crippen molar-refractivity contribution in [3.63, 3.8) is 0 Å².